The Balaban J connectivity index is 2.64. The summed E-state index contributed by atoms with van der Waals surface area (Å²) >= 11 is 0. The molecule has 3 nitrogen and oxygen atoms in total. The zero-order valence-electron chi connectivity index (χ0n) is 10.8. The van der Waals surface area contributed by atoms with E-state index in [1.54, 1.807) is 25.1 Å². The number of phenolic OH excluding ortho intramolecular Hbond substituents is 1. The topological polar surface area (TPSA) is 49.3 Å². The van der Waals surface area contributed by atoms with Gasteiger partial charge in [0.25, 0.3) is 0 Å². The molecule has 0 heterocycles. The van der Waals surface area contributed by atoms with Gasteiger partial charge in [-0.3, -0.25) is 4.79 Å². The highest BCUT2D eigenvalue weighted by Gasteiger charge is 2.13. The molecule has 0 saturated heterocycles. The summed E-state index contributed by atoms with van der Waals surface area (Å²) in [4.78, 5) is 11.9. The molecule has 94 valence electrons. The minimum absolute atomic E-state index is 0.0108. The zero-order valence-corrected chi connectivity index (χ0v) is 10.8. The zero-order chi connectivity index (χ0) is 12.8. The van der Waals surface area contributed by atoms with Gasteiger partial charge in [0.15, 0.2) is 0 Å². The van der Waals surface area contributed by atoms with Crippen LogP contribution in [0.2, 0.25) is 0 Å². The van der Waals surface area contributed by atoms with E-state index in [0.717, 1.165) is 19.3 Å². The number of carbonyl (C=O) groups is 1. The molecule has 3 heteroatoms. The Morgan fingerprint density at radius 2 is 2.18 bits per heavy atom. The van der Waals surface area contributed by atoms with Crippen LogP contribution < -0.4 is 5.32 Å². The highest BCUT2D eigenvalue weighted by Crippen LogP contribution is 2.24. The van der Waals surface area contributed by atoms with Crippen LogP contribution in [0.15, 0.2) is 18.2 Å². The fourth-order valence-electron chi connectivity index (χ4n) is 1.66. The van der Waals surface area contributed by atoms with Gasteiger partial charge in [0.2, 0.25) is 5.91 Å². The fourth-order valence-corrected chi connectivity index (χ4v) is 1.66. The predicted octanol–water partition coefficient (Wildman–Crippen LogP) is 3.47. The molecule has 0 aliphatic rings. The number of hydrogen-bond acceptors (Lipinski definition) is 2. The number of amides is 1. The van der Waals surface area contributed by atoms with Crippen molar-refractivity contribution in [3.05, 3.63) is 23.8 Å². The second kappa shape index (κ2) is 6.28. The van der Waals surface area contributed by atoms with Crippen molar-refractivity contribution in [3.8, 4) is 5.75 Å². The Hall–Kier alpha value is -1.51. The average Bonchev–Trinajstić information content (AvgIpc) is 2.31. The summed E-state index contributed by atoms with van der Waals surface area (Å²) in [6.07, 6.45) is 3.07. The van der Waals surface area contributed by atoms with Crippen LogP contribution in [0.5, 0.6) is 5.75 Å². The molecule has 0 fully saturated rings. The number of benzene rings is 1. The molecule has 1 amide bonds. The number of carbonyl (C=O) groups excluding carboxylic acids is 1. The molecule has 0 aliphatic heterocycles. The van der Waals surface area contributed by atoms with Gasteiger partial charge in [-0.15, -0.1) is 0 Å². The normalized spacial score (nSPS) is 12.2. The number of anilines is 1. The quantitative estimate of drug-likeness (QED) is 0.821. The lowest BCUT2D eigenvalue weighted by Crippen LogP contribution is -2.20. The molecule has 2 N–H and O–H groups in total. The van der Waals surface area contributed by atoms with Gasteiger partial charge in [-0.05, 0) is 25.5 Å². The van der Waals surface area contributed by atoms with Gasteiger partial charge in [-0.25, -0.2) is 0 Å². The molecule has 1 unspecified atom stereocenters. The lowest BCUT2D eigenvalue weighted by molar-refractivity contribution is -0.119. The Morgan fingerprint density at radius 1 is 1.47 bits per heavy atom. The molecular weight excluding hydrogens is 214 g/mol. The summed E-state index contributed by atoms with van der Waals surface area (Å²) in [5.74, 6) is 0.243. The largest absolute Gasteiger partial charge is 0.508 e. The minimum Gasteiger partial charge on any atom is -0.508 e. The maximum Gasteiger partial charge on any atom is 0.227 e. The molecule has 1 aromatic rings. The van der Waals surface area contributed by atoms with E-state index in [1.807, 2.05) is 6.92 Å². The third kappa shape index (κ3) is 3.77. The second-order valence-electron chi connectivity index (χ2n) is 4.48. The number of phenols is 1. The van der Waals surface area contributed by atoms with E-state index in [2.05, 4.69) is 12.2 Å². The molecule has 1 atom stereocenters. The van der Waals surface area contributed by atoms with Crippen molar-refractivity contribution < 1.29 is 9.90 Å². The maximum absolute atomic E-state index is 11.9. The van der Waals surface area contributed by atoms with Crippen molar-refractivity contribution >= 4 is 11.6 Å². The van der Waals surface area contributed by atoms with E-state index in [-0.39, 0.29) is 17.6 Å². The Kier molecular flexibility index (Phi) is 5.01. The summed E-state index contributed by atoms with van der Waals surface area (Å²) in [5, 5.41) is 12.4. The van der Waals surface area contributed by atoms with Crippen LogP contribution in [0.3, 0.4) is 0 Å². The van der Waals surface area contributed by atoms with Gasteiger partial charge in [-0.1, -0.05) is 32.8 Å². The average molecular weight is 235 g/mol. The first kappa shape index (κ1) is 13.6. The molecular formula is C14H21NO2. The Morgan fingerprint density at radius 3 is 2.82 bits per heavy atom. The summed E-state index contributed by atoms with van der Waals surface area (Å²) in [7, 11) is 0. The number of unbranched alkanes of at least 4 members (excludes halogenated alkanes) is 1. The first-order valence-corrected chi connectivity index (χ1v) is 6.15. The standard InChI is InChI=1S/C14H21NO2/c1-4-5-7-10(2)14(17)15-12-8-6-9-13(16)11(12)3/h6,8-10,16H,4-5,7H2,1-3H3,(H,15,17). The van der Waals surface area contributed by atoms with Crippen LogP contribution in [0.25, 0.3) is 0 Å². The molecule has 1 rings (SSSR count). The van der Waals surface area contributed by atoms with Crippen LogP contribution in [0, 0.1) is 12.8 Å². The van der Waals surface area contributed by atoms with E-state index in [4.69, 9.17) is 0 Å². The summed E-state index contributed by atoms with van der Waals surface area (Å²) in [6.45, 7) is 5.84. The van der Waals surface area contributed by atoms with Crippen LogP contribution >= 0.6 is 0 Å². The van der Waals surface area contributed by atoms with Crippen molar-refractivity contribution in [2.75, 3.05) is 5.32 Å². The lowest BCUT2D eigenvalue weighted by Gasteiger charge is -2.13. The number of rotatable bonds is 5. The number of aromatic hydroxyl groups is 1. The molecule has 0 saturated carbocycles. The highest BCUT2D eigenvalue weighted by atomic mass is 16.3. The maximum atomic E-state index is 11.9. The fraction of sp³-hybridized carbons (Fsp3) is 0.500. The van der Waals surface area contributed by atoms with Gasteiger partial charge in [0.1, 0.15) is 5.75 Å². The number of nitrogens with one attached hydrogen (secondary N) is 1. The van der Waals surface area contributed by atoms with E-state index in [1.165, 1.54) is 0 Å². The van der Waals surface area contributed by atoms with E-state index < -0.39 is 0 Å². The van der Waals surface area contributed by atoms with E-state index in [9.17, 15) is 9.90 Å². The van der Waals surface area contributed by atoms with Crippen LogP contribution in [-0.4, -0.2) is 11.0 Å². The first-order chi connectivity index (χ1) is 8.06. The number of hydrogen-bond donors (Lipinski definition) is 2. The van der Waals surface area contributed by atoms with Gasteiger partial charge < -0.3 is 10.4 Å². The summed E-state index contributed by atoms with van der Waals surface area (Å²) in [5.41, 5.74) is 1.40. The Labute approximate surface area is 103 Å². The molecule has 0 bridgehead atoms. The van der Waals surface area contributed by atoms with Crippen LogP contribution in [-0.2, 0) is 4.79 Å². The predicted molar refractivity (Wildman–Crippen MR) is 70.2 cm³/mol. The molecule has 0 aromatic heterocycles. The van der Waals surface area contributed by atoms with Crippen molar-refractivity contribution in [2.24, 2.45) is 5.92 Å². The highest BCUT2D eigenvalue weighted by molar-refractivity contribution is 5.93. The summed E-state index contributed by atoms with van der Waals surface area (Å²) < 4.78 is 0. The van der Waals surface area contributed by atoms with Gasteiger partial charge in [0, 0.05) is 17.2 Å². The molecule has 0 spiro atoms. The minimum atomic E-state index is 0.0108. The molecule has 0 radical (unpaired) electrons. The van der Waals surface area contributed by atoms with Gasteiger partial charge >= 0.3 is 0 Å². The van der Waals surface area contributed by atoms with Crippen LogP contribution in [0.1, 0.15) is 38.7 Å². The molecule has 17 heavy (non-hydrogen) atoms. The van der Waals surface area contributed by atoms with Gasteiger partial charge in [0.05, 0.1) is 0 Å². The Bertz CT molecular complexity index is 388. The first-order valence-electron chi connectivity index (χ1n) is 6.15. The van der Waals surface area contributed by atoms with Crippen LogP contribution in [0.4, 0.5) is 5.69 Å². The van der Waals surface area contributed by atoms with Crippen molar-refractivity contribution in [1.29, 1.82) is 0 Å². The summed E-state index contributed by atoms with van der Waals surface area (Å²) in [6, 6.07) is 5.15. The molecule has 1 aromatic carbocycles. The third-order valence-electron chi connectivity index (χ3n) is 3.00. The molecule has 0 aliphatic carbocycles. The SMILES string of the molecule is CCCCC(C)C(=O)Nc1cccc(O)c1C. The van der Waals surface area contributed by atoms with Crippen molar-refractivity contribution in [3.63, 3.8) is 0 Å². The van der Waals surface area contributed by atoms with E-state index in [0.29, 0.717) is 11.3 Å². The van der Waals surface area contributed by atoms with Crippen molar-refractivity contribution in [2.45, 2.75) is 40.0 Å². The second-order valence-corrected chi connectivity index (χ2v) is 4.48. The van der Waals surface area contributed by atoms with Crippen molar-refractivity contribution in [1.82, 2.24) is 0 Å². The lowest BCUT2D eigenvalue weighted by atomic mass is 10.0. The smallest absolute Gasteiger partial charge is 0.227 e. The third-order valence-corrected chi connectivity index (χ3v) is 3.00. The van der Waals surface area contributed by atoms with Gasteiger partial charge in [-0.2, -0.15) is 0 Å². The van der Waals surface area contributed by atoms with E-state index >= 15 is 0 Å². The monoisotopic (exact) mass is 235 g/mol.